The number of benzene rings is 3. The molecule has 6 rings (SSSR count). The van der Waals surface area contributed by atoms with Crippen molar-refractivity contribution in [2.24, 2.45) is 0 Å². The summed E-state index contributed by atoms with van der Waals surface area (Å²) in [6, 6.07) is 22.9. The summed E-state index contributed by atoms with van der Waals surface area (Å²) in [7, 11) is 0. The average molecular weight is 481 g/mol. The van der Waals surface area contributed by atoms with Crippen molar-refractivity contribution < 1.29 is 4.39 Å². The molecule has 0 bridgehead atoms. The van der Waals surface area contributed by atoms with Gasteiger partial charge in [0.05, 0.1) is 0 Å². The van der Waals surface area contributed by atoms with Crippen molar-refractivity contribution >= 4 is 27.4 Å². The van der Waals surface area contributed by atoms with Crippen molar-refractivity contribution in [3.05, 3.63) is 107 Å². The van der Waals surface area contributed by atoms with Crippen LogP contribution in [0, 0.1) is 5.82 Å². The summed E-state index contributed by atoms with van der Waals surface area (Å²) in [5, 5.41) is 2.69. The molecule has 1 aliphatic heterocycles. The Bertz CT molecular complexity index is 1560. The van der Waals surface area contributed by atoms with Crippen molar-refractivity contribution in [3.63, 3.8) is 0 Å². The number of halogens is 1. The van der Waals surface area contributed by atoms with Gasteiger partial charge >= 0.3 is 0 Å². The molecule has 1 aliphatic rings. The van der Waals surface area contributed by atoms with E-state index in [0.717, 1.165) is 72.9 Å². The van der Waals surface area contributed by atoms with E-state index in [1.165, 1.54) is 17.3 Å². The lowest BCUT2D eigenvalue weighted by atomic mass is 10.1. The van der Waals surface area contributed by atoms with Crippen LogP contribution in [0.4, 0.5) is 10.1 Å². The van der Waals surface area contributed by atoms with E-state index in [1.807, 2.05) is 54.9 Å². The SMILES string of the molecule is O=c1c2ccccc2ccn1-c1ccc(N2CCN(CCCc3c[nH]c4ccc(F)cc34)CC2)cc1. The number of rotatable bonds is 6. The number of aromatic nitrogens is 2. The third-order valence-corrected chi connectivity index (χ3v) is 7.33. The van der Waals surface area contributed by atoms with Crippen LogP contribution >= 0.6 is 0 Å². The lowest BCUT2D eigenvalue weighted by Gasteiger charge is -2.36. The Morgan fingerprint density at radius 3 is 2.44 bits per heavy atom. The molecule has 0 radical (unpaired) electrons. The highest BCUT2D eigenvalue weighted by molar-refractivity contribution is 5.83. The minimum Gasteiger partial charge on any atom is -0.369 e. The number of fused-ring (bicyclic) bond motifs is 2. The third kappa shape index (κ3) is 4.40. The topological polar surface area (TPSA) is 44.3 Å². The zero-order valence-corrected chi connectivity index (χ0v) is 20.2. The summed E-state index contributed by atoms with van der Waals surface area (Å²) in [6.45, 7) is 5.05. The number of hydrogen-bond donors (Lipinski definition) is 1. The van der Waals surface area contributed by atoms with Crippen LogP contribution in [0.3, 0.4) is 0 Å². The fourth-order valence-corrected chi connectivity index (χ4v) is 5.30. The van der Waals surface area contributed by atoms with Crippen molar-refractivity contribution in [1.29, 1.82) is 0 Å². The molecule has 0 amide bonds. The van der Waals surface area contributed by atoms with Gasteiger partial charge in [-0.2, -0.15) is 0 Å². The van der Waals surface area contributed by atoms with Gasteiger partial charge < -0.3 is 9.88 Å². The molecule has 0 saturated carbocycles. The van der Waals surface area contributed by atoms with Crippen molar-refractivity contribution in [2.45, 2.75) is 12.8 Å². The Hall–Kier alpha value is -3.90. The summed E-state index contributed by atoms with van der Waals surface area (Å²) < 4.78 is 15.3. The van der Waals surface area contributed by atoms with Crippen LogP contribution in [0.1, 0.15) is 12.0 Å². The minimum absolute atomic E-state index is 0.00670. The van der Waals surface area contributed by atoms with E-state index in [0.29, 0.717) is 0 Å². The second kappa shape index (κ2) is 9.63. The predicted octanol–water partition coefficient (Wildman–Crippen LogP) is 5.37. The maximum atomic E-state index is 13.6. The normalized spacial score (nSPS) is 14.6. The lowest BCUT2D eigenvalue weighted by Crippen LogP contribution is -2.46. The maximum Gasteiger partial charge on any atom is 0.262 e. The molecule has 182 valence electrons. The first-order valence-corrected chi connectivity index (χ1v) is 12.6. The van der Waals surface area contributed by atoms with Gasteiger partial charge in [0.2, 0.25) is 0 Å². The summed E-state index contributed by atoms with van der Waals surface area (Å²) >= 11 is 0. The standard InChI is InChI=1S/C30H29FN4O/c31-24-7-12-29-28(20-24)23(21-32-29)5-3-14-33-16-18-34(19-17-33)25-8-10-26(11-9-25)35-15-13-22-4-1-2-6-27(22)30(35)36/h1-2,4,6-13,15,20-21,32H,3,5,14,16-19H2. The molecule has 0 aliphatic carbocycles. The Balaban J connectivity index is 1.05. The number of piperazine rings is 1. The van der Waals surface area contributed by atoms with Gasteiger partial charge in [0, 0.05) is 66.2 Å². The number of hydrogen-bond acceptors (Lipinski definition) is 3. The van der Waals surface area contributed by atoms with Gasteiger partial charge in [-0.15, -0.1) is 0 Å². The van der Waals surface area contributed by atoms with Crippen LogP contribution in [0.5, 0.6) is 0 Å². The van der Waals surface area contributed by atoms with Crippen LogP contribution in [-0.4, -0.2) is 47.2 Å². The first-order valence-electron chi connectivity index (χ1n) is 12.6. The zero-order chi connectivity index (χ0) is 24.5. The average Bonchev–Trinajstić information content (AvgIpc) is 3.31. The molecule has 1 saturated heterocycles. The highest BCUT2D eigenvalue weighted by Gasteiger charge is 2.17. The second-order valence-corrected chi connectivity index (χ2v) is 9.53. The van der Waals surface area contributed by atoms with Gasteiger partial charge in [0.15, 0.2) is 0 Å². The van der Waals surface area contributed by atoms with Gasteiger partial charge in [0.1, 0.15) is 5.82 Å². The van der Waals surface area contributed by atoms with Crippen LogP contribution in [-0.2, 0) is 6.42 Å². The van der Waals surface area contributed by atoms with Gasteiger partial charge in [-0.3, -0.25) is 14.3 Å². The molecule has 3 heterocycles. The van der Waals surface area contributed by atoms with Gasteiger partial charge in [-0.1, -0.05) is 18.2 Å². The van der Waals surface area contributed by atoms with Crippen molar-refractivity contribution in [3.8, 4) is 5.69 Å². The van der Waals surface area contributed by atoms with Crippen molar-refractivity contribution in [1.82, 2.24) is 14.5 Å². The number of nitrogens with zero attached hydrogens (tertiary/aromatic N) is 3. The molecule has 2 aromatic heterocycles. The zero-order valence-electron chi connectivity index (χ0n) is 20.2. The van der Waals surface area contributed by atoms with Crippen LogP contribution < -0.4 is 10.5 Å². The van der Waals surface area contributed by atoms with E-state index in [2.05, 4.69) is 26.9 Å². The number of pyridine rings is 1. The van der Waals surface area contributed by atoms with Gasteiger partial charge in [-0.25, -0.2) is 4.39 Å². The molecule has 5 aromatic rings. The predicted molar refractivity (Wildman–Crippen MR) is 145 cm³/mol. The van der Waals surface area contributed by atoms with E-state index < -0.39 is 0 Å². The van der Waals surface area contributed by atoms with E-state index >= 15 is 0 Å². The first kappa shape index (κ1) is 22.6. The Kier molecular flexibility index (Phi) is 6.03. The molecular weight excluding hydrogens is 451 g/mol. The molecule has 0 unspecified atom stereocenters. The molecule has 0 atom stereocenters. The van der Waals surface area contributed by atoms with E-state index in [-0.39, 0.29) is 11.4 Å². The van der Waals surface area contributed by atoms with Gasteiger partial charge in [0.25, 0.3) is 5.56 Å². The second-order valence-electron chi connectivity index (χ2n) is 9.53. The maximum absolute atomic E-state index is 13.6. The van der Waals surface area contributed by atoms with Crippen LogP contribution in [0.25, 0.3) is 27.4 Å². The number of aromatic amines is 1. The molecule has 1 fully saturated rings. The van der Waals surface area contributed by atoms with Crippen LogP contribution in [0.15, 0.2) is 90.0 Å². The smallest absolute Gasteiger partial charge is 0.262 e. The monoisotopic (exact) mass is 480 g/mol. The molecule has 3 aromatic carbocycles. The third-order valence-electron chi connectivity index (χ3n) is 7.33. The number of nitrogens with one attached hydrogen (secondary N) is 1. The molecule has 0 spiro atoms. The lowest BCUT2D eigenvalue weighted by molar-refractivity contribution is 0.255. The van der Waals surface area contributed by atoms with Crippen LogP contribution in [0.2, 0.25) is 0 Å². The first-order chi connectivity index (χ1) is 17.7. The summed E-state index contributed by atoms with van der Waals surface area (Å²) in [5.41, 5.74) is 4.26. The number of H-pyrrole nitrogens is 1. The minimum atomic E-state index is -0.183. The summed E-state index contributed by atoms with van der Waals surface area (Å²) in [5.74, 6) is -0.183. The van der Waals surface area contributed by atoms with E-state index in [9.17, 15) is 9.18 Å². The van der Waals surface area contributed by atoms with E-state index in [4.69, 9.17) is 0 Å². The highest BCUT2D eigenvalue weighted by Crippen LogP contribution is 2.22. The Labute approximate surface area is 209 Å². The molecular formula is C30H29FN4O. The molecule has 1 N–H and O–H groups in total. The number of anilines is 1. The quantitative estimate of drug-likeness (QED) is 0.356. The number of aryl methyl sites for hydroxylation is 1. The fraction of sp³-hybridized carbons (Fsp3) is 0.233. The molecule has 5 nitrogen and oxygen atoms in total. The molecule has 6 heteroatoms. The van der Waals surface area contributed by atoms with Crippen molar-refractivity contribution in [2.75, 3.05) is 37.6 Å². The summed E-state index contributed by atoms with van der Waals surface area (Å²) in [4.78, 5) is 21.1. The Morgan fingerprint density at radius 2 is 1.61 bits per heavy atom. The fourth-order valence-electron chi connectivity index (χ4n) is 5.30. The largest absolute Gasteiger partial charge is 0.369 e. The molecule has 36 heavy (non-hydrogen) atoms. The van der Waals surface area contributed by atoms with E-state index in [1.54, 1.807) is 16.7 Å². The van der Waals surface area contributed by atoms with Gasteiger partial charge in [-0.05, 0) is 84.9 Å². The Morgan fingerprint density at radius 1 is 0.833 bits per heavy atom. The highest BCUT2D eigenvalue weighted by atomic mass is 19.1. The summed E-state index contributed by atoms with van der Waals surface area (Å²) in [6.07, 6.45) is 5.86.